The summed E-state index contributed by atoms with van der Waals surface area (Å²) in [5.74, 6) is 0.149. The van der Waals surface area contributed by atoms with Gasteiger partial charge in [-0.3, -0.25) is 4.79 Å². The van der Waals surface area contributed by atoms with Gasteiger partial charge in [-0.15, -0.1) is 0 Å². The van der Waals surface area contributed by atoms with E-state index in [-0.39, 0.29) is 18.1 Å². The van der Waals surface area contributed by atoms with Crippen molar-refractivity contribution in [3.63, 3.8) is 0 Å². The van der Waals surface area contributed by atoms with Gasteiger partial charge in [0.15, 0.2) is 0 Å². The molecule has 0 aliphatic carbocycles. The molecule has 5 nitrogen and oxygen atoms in total. The lowest BCUT2D eigenvalue weighted by molar-refractivity contribution is -0.142. The molecule has 0 saturated carbocycles. The fourth-order valence-electron chi connectivity index (χ4n) is 3.40. The minimum atomic E-state index is 0.0898. The average Bonchev–Trinajstić information content (AvgIpc) is 2.83. The van der Waals surface area contributed by atoms with E-state index in [4.69, 9.17) is 4.74 Å². The molecule has 0 bridgehead atoms. The zero-order valence-corrected chi connectivity index (χ0v) is 14.8. The van der Waals surface area contributed by atoms with E-state index in [0.29, 0.717) is 19.5 Å². The second kappa shape index (κ2) is 6.77. The van der Waals surface area contributed by atoms with Crippen molar-refractivity contribution in [2.24, 2.45) is 0 Å². The SMILES string of the molecule is Cc1nn(-c2ccccc2)c(C)c1CC(=O)N1C[C@H](C)O[C@@H](C)C1. The number of carbonyl (C=O) groups is 1. The summed E-state index contributed by atoms with van der Waals surface area (Å²) in [5, 5.41) is 4.63. The zero-order valence-electron chi connectivity index (χ0n) is 14.8. The van der Waals surface area contributed by atoms with Crippen molar-refractivity contribution in [3.05, 3.63) is 47.3 Å². The Bertz CT molecular complexity index is 714. The molecule has 3 rings (SSSR count). The fraction of sp³-hybridized carbons (Fsp3) is 0.474. The summed E-state index contributed by atoms with van der Waals surface area (Å²) in [4.78, 5) is 14.7. The van der Waals surface area contributed by atoms with Crippen LogP contribution in [0.4, 0.5) is 0 Å². The Labute approximate surface area is 143 Å². The van der Waals surface area contributed by atoms with Crippen molar-refractivity contribution in [3.8, 4) is 5.69 Å². The molecule has 0 N–H and O–H groups in total. The molecule has 1 amide bonds. The third-order valence-electron chi connectivity index (χ3n) is 4.54. The quantitative estimate of drug-likeness (QED) is 0.871. The van der Waals surface area contributed by atoms with Crippen LogP contribution in [0.5, 0.6) is 0 Å². The minimum Gasteiger partial charge on any atom is -0.372 e. The van der Waals surface area contributed by atoms with Gasteiger partial charge in [0, 0.05) is 24.3 Å². The number of aromatic nitrogens is 2. The molecule has 24 heavy (non-hydrogen) atoms. The maximum absolute atomic E-state index is 12.7. The number of nitrogens with zero attached hydrogens (tertiary/aromatic N) is 3. The van der Waals surface area contributed by atoms with Crippen molar-refractivity contribution < 1.29 is 9.53 Å². The maximum Gasteiger partial charge on any atom is 0.227 e. The van der Waals surface area contributed by atoms with Crippen LogP contribution in [0.1, 0.15) is 30.8 Å². The highest BCUT2D eigenvalue weighted by Gasteiger charge is 2.27. The third kappa shape index (κ3) is 3.36. The van der Waals surface area contributed by atoms with Crippen LogP contribution in [0.2, 0.25) is 0 Å². The van der Waals surface area contributed by atoms with Gasteiger partial charge in [0.1, 0.15) is 0 Å². The first kappa shape index (κ1) is 16.7. The fourth-order valence-corrected chi connectivity index (χ4v) is 3.40. The molecule has 0 radical (unpaired) electrons. The van der Waals surface area contributed by atoms with Crippen LogP contribution in [0.15, 0.2) is 30.3 Å². The van der Waals surface area contributed by atoms with Gasteiger partial charge < -0.3 is 9.64 Å². The number of carbonyl (C=O) groups excluding carboxylic acids is 1. The number of morpholine rings is 1. The second-order valence-electron chi connectivity index (χ2n) is 6.63. The monoisotopic (exact) mass is 327 g/mol. The van der Waals surface area contributed by atoms with E-state index in [1.165, 1.54) is 0 Å². The van der Waals surface area contributed by atoms with E-state index in [2.05, 4.69) is 5.10 Å². The standard InChI is InChI=1S/C19H25N3O2/c1-13-11-21(12-14(2)24-13)19(23)10-18-15(3)20-22(16(18)4)17-8-6-5-7-9-17/h5-9,13-14H,10-12H2,1-4H3/t13-,14-/m0/s1. The number of ether oxygens (including phenoxy) is 1. The summed E-state index contributed by atoms with van der Waals surface area (Å²) in [6, 6.07) is 10.0. The van der Waals surface area contributed by atoms with E-state index in [9.17, 15) is 4.79 Å². The molecule has 1 aromatic heterocycles. The molecule has 1 saturated heterocycles. The normalized spacial score (nSPS) is 21.1. The van der Waals surface area contributed by atoms with Crippen molar-refractivity contribution in [1.82, 2.24) is 14.7 Å². The van der Waals surface area contributed by atoms with Crippen molar-refractivity contribution in [2.75, 3.05) is 13.1 Å². The highest BCUT2D eigenvalue weighted by atomic mass is 16.5. The van der Waals surface area contributed by atoms with Crippen LogP contribution in [0.3, 0.4) is 0 Å². The molecule has 1 fully saturated rings. The van der Waals surface area contributed by atoms with Gasteiger partial charge in [0.25, 0.3) is 0 Å². The van der Waals surface area contributed by atoms with Crippen LogP contribution < -0.4 is 0 Å². The van der Waals surface area contributed by atoms with Crippen LogP contribution in [-0.4, -0.2) is 45.9 Å². The lowest BCUT2D eigenvalue weighted by atomic mass is 10.1. The number of hydrogen-bond donors (Lipinski definition) is 0. The van der Waals surface area contributed by atoms with Crippen molar-refractivity contribution >= 4 is 5.91 Å². The predicted octanol–water partition coefficient (Wildman–Crippen LogP) is 2.67. The maximum atomic E-state index is 12.7. The smallest absolute Gasteiger partial charge is 0.227 e. The van der Waals surface area contributed by atoms with E-state index in [1.54, 1.807) is 0 Å². The Hall–Kier alpha value is -2.14. The van der Waals surface area contributed by atoms with Crippen LogP contribution in [0, 0.1) is 13.8 Å². The average molecular weight is 327 g/mol. The molecule has 0 unspecified atom stereocenters. The summed E-state index contributed by atoms with van der Waals surface area (Å²) >= 11 is 0. The van der Waals surface area contributed by atoms with E-state index >= 15 is 0 Å². The molecule has 5 heteroatoms. The van der Waals surface area contributed by atoms with Crippen molar-refractivity contribution in [2.45, 2.75) is 46.3 Å². The van der Waals surface area contributed by atoms with Gasteiger partial charge in [-0.1, -0.05) is 18.2 Å². The molecule has 2 heterocycles. The number of para-hydroxylation sites is 1. The van der Waals surface area contributed by atoms with Gasteiger partial charge in [0.05, 0.1) is 30.0 Å². The van der Waals surface area contributed by atoms with Crippen LogP contribution in [-0.2, 0) is 16.0 Å². The van der Waals surface area contributed by atoms with Crippen LogP contribution in [0.25, 0.3) is 5.69 Å². The largest absolute Gasteiger partial charge is 0.372 e. The number of rotatable bonds is 3. The minimum absolute atomic E-state index is 0.0898. The molecule has 0 spiro atoms. The predicted molar refractivity (Wildman–Crippen MR) is 93.3 cm³/mol. The summed E-state index contributed by atoms with van der Waals surface area (Å²) in [6.07, 6.45) is 0.572. The van der Waals surface area contributed by atoms with Gasteiger partial charge in [0.2, 0.25) is 5.91 Å². The zero-order chi connectivity index (χ0) is 17.3. The summed E-state index contributed by atoms with van der Waals surface area (Å²) in [6.45, 7) is 9.35. The molecule has 2 aromatic rings. The van der Waals surface area contributed by atoms with Gasteiger partial charge in [-0.05, 0) is 39.8 Å². The van der Waals surface area contributed by atoms with Gasteiger partial charge in [-0.25, -0.2) is 4.68 Å². The number of benzene rings is 1. The third-order valence-corrected chi connectivity index (χ3v) is 4.54. The lowest BCUT2D eigenvalue weighted by Gasteiger charge is -2.35. The highest BCUT2D eigenvalue weighted by Crippen LogP contribution is 2.20. The van der Waals surface area contributed by atoms with Crippen LogP contribution >= 0.6 is 0 Å². The first-order valence-electron chi connectivity index (χ1n) is 8.49. The van der Waals surface area contributed by atoms with E-state index < -0.39 is 0 Å². The Morgan fingerprint density at radius 1 is 1.17 bits per heavy atom. The first-order chi connectivity index (χ1) is 11.5. The Balaban J connectivity index is 1.80. The number of aryl methyl sites for hydroxylation is 1. The Morgan fingerprint density at radius 2 is 1.79 bits per heavy atom. The molecule has 1 aliphatic heterocycles. The Kier molecular flexibility index (Phi) is 4.71. The molecular weight excluding hydrogens is 302 g/mol. The summed E-state index contributed by atoms with van der Waals surface area (Å²) in [7, 11) is 0. The summed E-state index contributed by atoms with van der Waals surface area (Å²) < 4.78 is 7.63. The summed E-state index contributed by atoms with van der Waals surface area (Å²) in [5.41, 5.74) is 3.99. The molecule has 1 aliphatic rings. The van der Waals surface area contributed by atoms with E-state index in [0.717, 1.165) is 22.6 Å². The number of amides is 1. The molecule has 1 aromatic carbocycles. The second-order valence-corrected chi connectivity index (χ2v) is 6.63. The number of hydrogen-bond acceptors (Lipinski definition) is 3. The first-order valence-corrected chi connectivity index (χ1v) is 8.49. The molecular formula is C19H25N3O2. The lowest BCUT2D eigenvalue weighted by Crippen LogP contribution is -2.48. The molecule has 128 valence electrons. The molecule has 2 atom stereocenters. The Morgan fingerprint density at radius 3 is 2.42 bits per heavy atom. The topological polar surface area (TPSA) is 47.4 Å². The van der Waals surface area contributed by atoms with Gasteiger partial charge >= 0.3 is 0 Å². The van der Waals surface area contributed by atoms with Crippen molar-refractivity contribution in [1.29, 1.82) is 0 Å². The van der Waals surface area contributed by atoms with Gasteiger partial charge in [-0.2, -0.15) is 5.10 Å². The van der Waals surface area contributed by atoms with E-state index in [1.807, 2.05) is 67.6 Å². The highest BCUT2D eigenvalue weighted by molar-refractivity contribution is 5.79.